The first-order valence-electron chi connectivity index (χ1n) is 9.53. The minimum atomic E-state index is -0.245. The van der Waals surface area contributed by atoms with Crippen molar-refractivity contribution in [3.63, 3.8) is 0 Å². The van der Waals surface area contributed by atoms with Gasteiger partial charge in [0.15, 0.2) is 11.5 Å². The fourth-order valence-corrected chi connectivity index (χ4v) is 3.51. The first-order chi connectivity index (χ1) is 13.6. The molecule has 146 valence electrons. The number of nitrogens with zero attached hydrogens (tertiary/aromatic N) is 1. The van der Waals surface area contributed by atoms with E-state index in [9.17, 15) is 9.90 Å². The van der Waals surface area contributed by atoms with E-state index in [4.69, 9.17) is 9.47 Å². The van der Waals surface area contributed by atoms with Crippen LogP contribution in [0.15, 0.2) is 48.5 Å². The monoisotopic (exact) mass is 380 g/mol. The van der Waals surface area contributed by atoms with Gasteiger partial charge in [0.05, 0.1) is 6.04 Å². The van der Waals surface area contributed by atoms with E-state index in [0.717, 1.165) is 18.5 Å². The summed E-state index contributed by atoms with van der Waals surface area (Å²) in [5.41, 5.74) is 3.07. The third-order valence-corrected chi connectivity index (χ3v) is 5.22. The van der Waals surface area contributed by atoms with E-state index in [0.29, 0.717) is 36.9 Å². The van der Waals surface area contributed by atoms with Crippen LogP contribution in [0, 0.1) is 0 Å². The summed E-state index contributed by atoms with van der Waals surface area (Å²) in [6, 6.07) is 12.5. The van der Waals surface area contributed by atoms with E-state index < -0.39 is 0 Å². The Labute approximate surface area is 164 Å². The first-order valence-corrected chi connectivity index (χ1v) is 9.53. The zero-order valence-electron chi connectivity index (χ0n) is 15.9. The van der Waals surface area contributed by atoms with Crippen molar-refractivity contribution in [3.8, 4) is 17.2 Å². The zero-order valence-corrected chi connectivity index (χ0v) is 15.9. The summed E-state index contributed by atoms with van der Waals surface area (Å²) in [7, 11) is 0. The maximum absolute atomic E-state index is 12.7. The smallest absolute Gasteiger partial charge is 0.241 e. The number of hydrogen-bond acceptors (Lipinski definition) is 5. The normalized spacial score (nSPS) is 17.5. The van der Waals surface area contributed by atoms with Gasteiger partial charge in [0.25, 0.3) is 0 Å². The van der Waals surface area contributed by atoms with E-state index in [1.807, 2.05) is 31.2 Å². The van der Waals surface area contributed by atoms with E-state index >= 15 is 0 Å². The van der Waals surface area contributed by atoms with Crippen LogP contribution in [0.1, 0.15) is 18.9 Å². The van der Waals surface area contributed by atoms with Crippen LogP contribution in [0.25, 0.3) is 5.57 Å². The topological polar surface area (TPSA) is 71.0 Å². The van der Waals surface area contributed by atoms with Gasteiger partial charge in [-0.2, -0.15) is 0 Å². The molecule has 0 radical (unpaired) electrons. The number of rotatable bonds is 4. The maximum atomic E-state index is 12.7. The number of nitrogens with one attached hydrogen (secondary N) is 1. The standard InChI is InChI=1S/C22H24N2O4/c1-15(22(26)23-18-4-7-20-21(14-18)28-13-12-27-20)24-10-8-17(9-11-24)16-2-5-19(25)6-3-16/h2-8,14-15,25H,9-13H2,1H3,(H,23,26). The SMILES string of the molecule is CC(C(=O)Nc1ccc2c(c1)OCCO2)N1CC=C(c2ccc(O)cc2)CC1. The third-order valence-electron chi connectivity index (χ3n) is 5.22. The van der Waals surface area contributed by atoms with Crippen LogP contribution in [-0.2, 0) is 4.79 Å². The van der Waals surface area contributed by atoms with Crippen molar-refractivity contribution in [1.82, 2.24) is 4.90 Å². The molecule has 0 saturated carbocycles. The summed E-state index contributed by atoms with van der Waals surface area (Å²) in [4.78, 5) is 14.8. The summed E-state index contributed by atoms with van der Waals surface area (Å²) in [5.74, 6) is 1.60. The molecule has 0 bridgehead atoms. The number of fused-ring (bicyclic) bond motifs is 1. The second kappa shape index (κ2) is 7.94. The molecule has 1 unspecified atom stereocenters. The molecule has 28 heavy (non-hydrogen) atoms. The largest absolute Gasteiger partial charge is 0.508 e. The number of benzene rings is 2. The van der Waals surface area contributed by atoms with Crippen LogP contribution >= 0.6 is 0 Å². The molecule has 1 atom stereocenters. The van der Waals surface area contributed by atoms with Crippen LogP contribution in [0.3, 0.4) is 0 Å². The van der Waals surface area contributed by atoms with E-state index in [1.54, 1.807) is 18.2 Å². The summed E-state index contributed by atoms with van der Waals surface area (Å²) in [6.07, 6.45) is 3.02. The van der Waals surface area contributed by atoms with Gasteiger partial charge in [0.1, 0.15) is 19.0 Å². The highest BCUT2D eigenvalue weighted by atomic mass is 16.6. The van der Waals surface area contributed by atoms with E-state index in [2.05, 4.69) is 16.3 Å². The lowest BCUT2D eigenvalue weighted by atomic mass is 9.98. The molecule has 2 aromatic carbocycles. The number of anilines is 1. The first kappa shape index (κ1) is 18.4. The Morgan fingerprint density at radius 2 is 1.86 bits per heavy atom. The van der Waals surface area contributed by atoms with Gasteiger partial charge in [-0.15, -0.1) is 0 Å². The predicted octanol–water partition coefficient (Wildman–Crippen LogP) is 3.28. The summed E-state index contributed by atoms with van der Waals surface area (Å²) >= 11 is 0. The number of aromatic hydroxyl groups is 1. The number of carbonyl (C=O) groups is 1. The van der Waals surface area contributed by atoms with Crippen molar-refractivity contribution < 1.29 is 19.4 Å². The molecule has 4 rings (SSSR count). The fourth-order valence-electron chi connectivity index (χ4n) is 3.51. The average molecular weight is 380 g/mol. The van der Waals surface area contributed by atoms with Gasteiger partial charge in [-0.05, 0) is 48.7 Å². The Morgan fingerprint density at radius 3 is 2.57 bits per heavy atom. The number of hydrogen-bond donors (Lipinski definition) is 2. The van der Waals surface area contributed by atoms with Crippen molar-refractivity contribution >= 4 is 17.2 Å². The van der Waals surface area contributed by atoms with Crippen molar-refractivity contribution in [2.45, 2.75) is 19.4 Å². The highest BCUT2D eigenvalue weighted by Crippen LogP contribution is 2.32. The van der Waals surface area contributed by atoms with Crippen LogP contribution < -0.4 is 14.8 Å². The quantitative estimate of drug-likeness (QED) is 0.852. The molecular weight excluding hydrogens is 356 g/mol. The molecule has 0 fully saturated rings. The average Bonchev–Trinajstić information content (AvgIpc) is 2.74. The van der Waals surface area contributed by atoms with Crippen molar-refractivity contribution in [2.75, 3.05) is 31.6 Å². The Balaban J connectivity index is 1.37. The lowest BCUT2D eigenvalue weighted by molar-refractivity contribution is -0.120. The molecule has 6 nitrogen and oxygen atoms in total. The number of phenols is 1. The fraction of sp³-hybridized carbons (Fsp3) is 0.318. The Kier molecular flexibility index (Phi) is 5.21. The Hall–Kier alpha value is -2.99. The van der Waals surface area contributed by atoms with Crippen LogP contribution in [0.2, 0.25) is 0 Å². The molecule has 2 heterocycles. The summed E-state index contributed by atoms with van der Waals surface area (Å²) in [6.45, 7) is 4.51. The number of ether oxygens (including phenoxy) is 2. The highest BCUT2D eigenvalue weighted by molar-refractivity contribution is 5.95. The number of carbonyl (C=O) groups excluding carboxylic acids is 1. The molecule has 2 aromatic rings. The number of amides is 1. The van der Waals surface area contributed by atoms with Gasteiger partial charge in [-0.1, -0.05) is 18.2 Å². The summed E-state index contributed by atoms with van der Waals surface area (Å²) < 4.78 is 11.1. The lowest BCUT2D eigenvalue weighted by Crippen LogP contribution is -2.44. The molecule has 6 heteroatoms. The predicted molar refractivity (Wildman–Crippen MR) is 108 cm³/mol. The molecule has 1 amide bonds. The lowest BCUT2D eigenvalue weighted by Gasteiger charge is -2.31. The third kappa shape index (κ3) is 3.97. The molecule has 0 saturated heterocycles. The second-order valence-corrected chi connectivity index (χ2v) is 7.04. The van der Waals surface area contributed by atoms with Crippen LogP contribution in [-0.4, -0.2) is 48.3 Å². The summed E-state index contributed by atoms with van der Waals surface area (Å²) in [5, 5.41) is 12.4. The van der Waals surface area contributed by atoms with Crippen LogP contribution in [0.4, 0.5) is 5.69 Å². The van der Waals surface area contributed by atoms with E-state index in [1.165, 1.54) is 5.57 Å². The van der Waals surface area contributed by atoms with Crippen molar-refractivity contribution in [2.24, 2.45) is 0 Å². The minimum Gasteiger partial charge on any atom is -0.508 e. The molecule has 0 aliphatic carbocycles. The van der Waals surface area contributed by atoms with Crippen molar-refractivity contribution in [1.29, 1.82) is 0 Å². The maximum Gasteiger partial charge on any atom is 0.241 e. The molecule has 2 N–H and O–H groups in total. The van der Waals surface area contributed by atoms with Gasteiger partial charge < -0.3 is 19.9 Å². The molecule has 0 spiro atoms. The van der Waals surface area contributed by atoms with Crippen molar-refractivity contribution in [3.05, 3.63) is 54.1 Å². The number of phenolic OH excluding ortho intramolecular Hbond substituents is 1. The van der Waals surface area contributed by atoms with Gasteiger partial charge in [-0.3, -0.25) is 9.69 Å². The highest BCUT2D eigenvalue weighted by Gasteiger charge is 2.24. The zero-order chi connectivity index (χ0) is 19.5. The van der Waals surface area contributed by atoms with Crippen LogP contribution in [0.5, 0.6) is 17.2 Å². The molecule has 2 aliphatic heterocycles. The van der Waals surface area contributed by atoms with Gasteiger partial charge in [0, 0.05) is 24.8 Å². The van der Waals surface area contributed by atoms with E-state index in [-0.39, 0.29) is 17.7 Å². The Morgan fingerprint density at radius 1 is 1.11 bits per heavy atom. The Bertz CT molecular complexity index is 892. The molecule has 2 aliphatic rings. The van der Waals surface area contributed by atoms with Gasteiger partial charge in [-0.25, -0.2) is 0 Å². The minimum absolute atomic E-state index is 0.0434. The molecule has 0 aromatic heterocycles. The van der Waals surface area contributed by atoms with Gasteiger partial charge in [0.2, 0.25) is 5.91 Å². The second-order valence-electron chi connectivity index (χ2n) is 7.04. The van der Waals surface area contributed by atoms with Gasteiger partial charge >= 0.3 is 0 Å². The molecular formula is C22H24N2O4.